The highest BCUT2D eigenvalue weighted by Gasteiger charge is 2.30. The zero-order valence-electron chi connectivity index (χ0n) is 11.4. The second kappa shape index (κ2) is 6.16. The van der Waals surface area contributed by atoms with Gasteiger partial charge < -0.3 is 10.2 Å². The van der Waals surface area contributed by atoms with Gasteiger partial charge >= 0.3 is 0 Å². The van der Waals surface area contributed by atoms with Crippen LogP contribution in [-0.2, 0) is 6.42 Å². The van der Waals surface area contributed by atoms with Gasteiger partial charge in [-0.1, -0.05) is 12.1 Å². The van der Waals surface area contributed by atoms with Crippen molar-refractivity contribution in [3.05, 3.63) is 33.4 Å². The number of halogens is 1. The summed E-state index contributed by atoms with van der Waals surface area (Å²) >= 11 is 2.34. The van der Waals surface area contributed by atoms with Gasteiger partial charge in [0.05, 0.1) is 0 Å². The van der Waals surface area contributed by atoms with Crippen molar-refractivity contribution in [1.29, 1.82) is 0 Å². The van der Waals surface area contributed by atoms with Crippen LogP contribution < -0.4 is 5.32 Å². The van der Waals surface area contributed by atoms with Gasteiger partial charge in [0.2, 0.25) is 0 Å². The van der Waals surface area contributed by atoms with Crippen molar-refractivity contribution < 1.29 is 0 Å². The quantitative estimate of drug-likeness (QED) is 0.825. The maximum Gasteiger partial charge on any atom is 0.0303 e. The molecule has 17 heavy (non-hydrogen) atoms. The summed E-state index contributed by atoms with van der Waals surface area (Å²) in [5.74, 6) is 0. The lowest BCUT2D eigenvalue weighted by Gasteiger charge is -2.40. The highest BCUT2D eigenvalue weighted by molar-refractivity contribution is 14.1. The molecule has 1 atom stereocenters. The third-order valence-corrected chi connectivity index (χ3v) is 4.43. The standard InChI is InChI=1S/C14H23IN2/c1-14(2,17(4)5)13(16-3)10-11-6-8-12(15)9-7-11/h6-9,13,16H,10H2,1-5H3. The lowest BCUT2D eigenvalue weighted by atomic mass is 9.88. The molecule has 1 aromatic rings. The van der Waals surface area contributed by atoms with E-state index in [9.17, 15) is 0 Å². The monoisotopic (exact) mass is 346 g/mol. The molecule has 0 radical (unpaired) electrons. The van der Waals surface area contributed by atoms with Gasteiger partial charge in [-0.05, 0) is 81.7 Å². The maximum absolute atomic E-state index is 3.44. The molecule has 0 heterocycles. The van der Waals surface area contributed by atoms with Crippen molar-refractivity contribution in [2.75, 3.05) is 21.1 Å². The van der Waals surface area contributed by atoms with Crippen LogP contribution in [0.1, 0.15) is 19.4 Å². The van der Waals surface area contributed by atoms with Gasteiger partial charge in [-0.2, -0.15) is 0 Å². The minimum atomic E-state index is 0.137. The number of hydrogen-bond donors (Lipinski definition) is 1. The molecule has 1 N–H and O–H groups in total. The van der Waals surface area contributed by atoms with Gasteiger partial charge in [0.25, 0.3) is 0 Å². The Balaban J connectivity index is 2.80. The second-order valence-corrected chi connectivity index (χ2v) is 6.47. The third-order valence-electron chi connectivity index (χ3n) is 3.71. The first-order valence-corrected chi connectivity index (χ1v) is 7.05. The van der Waals surface area contributed by atoms with Crippen LogP contribution in [0.15, 0.2) is 24.3 Å². The van der Waals surface area contributed by atoms with Crippen LogP contribution in [-0.4, -0.2) is 37.6 Å². The normalized spacial score (nSPS) is 14.1. The molecule has 0 fully saturated rings. The van der Waals surface area contributed by atoms with Crippen molar-refractivity contribution in [1.82, 2.24) is 10.2 Å². The molecule has 2 nitrogen and oxygen atoms in total. The summed E-state index contributed by atoms with van der Waals surface area (Å²) in [6, 6.07) is 9.23. The topological polar surface area (TPSA) is 15.3 Å². The largest absolute Gasteiger partial charge is 0.315 e. The molecule has 3 heteroatoms. The fourth-order valence-corrected chi connectivity index (χ4v) is 2.23. The summed E-state index contributed by atoms with van der Waals surface area (Å²) in [7, 11) is 6.32. The molecule has 1 rings (SSSR count). The molecule has 0 amide bonds. The van der Waals surface area contributed by atoms with Gasteiger partial charge in [0.1, 0.15) is 0 Å². The predicted octanol–water partition coefficient (Wildman–Crippen LogP) is 2.76. The SMILES string of the molecule is CNC(Cc1ccc(I)cc1)C(C)(C)N(C)C. The van der Waals surface area contributed by atoms with E-state index >= 15 is 0 Å². The fraction of sp³-hybridized carbons (Fsp3) is 0.571. The van der Waals surface area contributed by atoms with E-state index in [0.29, 0.717) is 6.04 Å². The first-order chi connectivity index (χ1) is 7.87. The Bertz CT molecular complexity index is 344. The molecule has 0 aromatic heterocycles. The molecule has 0 aliphatic carbocycles. The molecule has 0 spiro atoms. The van der Waals surface area contributed by atoms with Crippen molar-refractivity contribution in [2.45, 2.75) is 31.8 Å². The fourth-order valence-electron chi connectivity index (χ4n) is 1.87. The van der Waals surface area contributed by atoms with Gasteiger partial charge in [0, 0.05) is 15.2 Å². The number of nitrogens with zero attached hydrogens (tertiary/aromatic N) is 1. The molecular formula is C14H23IN2. The van der Waals surface area contributed by atoms with E-state index in [1.807, 2.05) is 7.05 Å². The van der Waals surface area contributed by atoms with E-state index in [4.69, 9.17) is 0 Å². The summed E-state index contributed by atoms with van der Waals surface area (Å²) in [5, 5.41) is 3.44. The average Bonchev–Trinajstić information content (AvgIpc) is 2.27. The van der Waals surface area contributed by atoms with Gasteiger partial charge in [-0.3, -0.25) is 0 Å². The van der Waals surface area contributed by atoms with Crippen LogP contribution >= 0.6 is 22.6 Å². The summed E-state index contributed by atoms with van der Waals surface area (Å²) in [6.45, 7) is 4.56. The molecule has 0 bridgehead atoms. The zero-order chi connectivity index (χ0) is 13.1. The van der Waals surface area contributed by atoms with Crippen LogP contribution in [0.5, 0.6) is 0 Å². The molecule has 0 aliphatic heterocycles. The lowest BCUT2D eigenvalue weighted by molar-refractivity contribution is 0.141. The zero-order valence-corrected chi connectivity index (χ0v) is 13.6. The molecular weight excluding hydrogens is 323 g/mol. The first-order valence-electron chi connectivity index (χ1n) is 5.97. The Morgan fingerprint density at radius 3 is 2.18 bits per heavy atom. The molecule has 0 saturated carbocycles. The number of likely N-dealkylation sites (N-methyl/N-ethyl adjacent to an activating group) is 2. The van der Waals surface area contributed by atoms with Crippen LogP contribution in [0.3, 0.4) is 0 Å². The van der Waals surface area contributed by atoms with E-state index in [1.54, 1.807) is 0 Å². The van der Waals surface area contributed by atoms with E-state index in [0.717, 1.165) is 6.42 Å². The highest BCUT2D eigenvalue weighted by Crippen LogP contribution is 2.19. The summed E-state index contributed by atoms with van der Waals surface area (Å²) in [4.78, 5) is 2.28. The number of nitrogens with one attached hydrogen (secondary N) is 1. The molecule has 0 aliphatic rings. The lowest BCUT2D eigenvalue weighted by Crippen LogP contribution is -2.55. The first kappa shape index (κ1) is 14.9. The second-order valence-electron chi connectivity index (χ2n) is 5.22. The van der Waals surface area contributed by atoms with E-state index < -0.39 is 0 Å². The van der Waals surface area contributed by atoms with Crippen LogP contribution in [0.25, 0.3) is 0 Å². The van der Waals surface area contributed by atoms with Crippen LogP contribution in [0, 0.1) is 3.57 Å². The van der Waals surface area contributed by atoms with Crippen molar-refractivity contribution in [2.24, 2.45) is 0 Å². The Morgan fingerprint density at radius 2 is 1.76 bits per heavy atom. The van der Waals surface area contributed by atoms with Crippen molar-refractivity contribution >= 4 is 22.6 Å². The Hall–Kier alpha value is -0.130. The Kier molecular flexibility index (Phi) is 5.41. The number of benzene rings is 1. The average molecular weight is 346 g/mol. The van der Waals surface area contributed by atoms with Crippen molar-refractivity contribution in [3.8, 4) is 0 Å². The van der Waals surface area contributed by atoms with E-state index in [-0.39, 0.29) is 5.54 Å². The Morgan fingerprint density at radius 1 is 1.24 bits per heavy atom. The van der Waals surface area contributed by atoms with E-state index in [2.05, 4.69) is 85.0 Å². The minimum Gasteiger partial charge on any atom is -0.315 e. The van der Waals surface area contributed by atoms with Gasteiger partial charge in [-0.15, -0.1) is 0 Å². The maximum atomic E-state index is 3.44. The van der Waals surface area contributed by atoms with Gasteiger partial charge in [-0.25, -0.2) is 0 Å². The molecule has 1 unspecified atom stereocenters. The highest BCUT2D eigenvalue weighted by atomic mass is 127. The predicted molar refractivity (Wildman–Crippen MR) is 83.5 cm³/mol. The summed E-state index contributed by atoms with van der Waals surface area (Å²) in [5.41, 5.74) is 1.53. The number of hydrogen-bond acceptors (Lipinski definition) is 2. The van der Waals surface area contributed by atoms with Gasteiger partial charge in [0.15, 0.2) is 0 Å². The third kappa shape index (κ3) is 3.93. The van der Waals surface area contributed by atoms with Crippen LogP contribution in [0.4, 0.5) is 0 Å². The Labute approximate surface area is 119 Å². The molecule has 96 valence electrons. The number of rotatable bonds is 5. The molecule has 1 aromatic carbocycles. The minimum absolute atomic E-state index is 0.137. The summed E-state index contributed by atoms with van der Waals surface area (Å²) in [6.07, 6.45) is 1.05. The molecule has 0 saturated heterocycles. The smallest absolute Gasteiger partial charge is 0.0303 e. The van der Waals surface area contributed by atoms with Crippen molar-refractivity contribution in [3.63, 3.8) is 0 Å². The van der Waals surface area contributed by atoms with E-state index in [1.165, 1.54) is 9.13 Å². The van der Waals surface area contributed by atoms with Crippen LogP contribution in [0.2, 0.25) is 0 Å². The summed E-state index contributed by atoms with van der Waals surface area (Å²) < 4.78 is 1.29.